The maximum Gasteiger partial charge on any atom is 0.0312 e. The monoisotopic (exact) mass is 296 g/mol. The second-order valence-electron chi connectivity index (χ2n) is 6.03. The van der Waals surface area contributed by atoms with Crippen molar-refractivity contribution in [3.05, 3.63) is 60.2 Å². The number of nitrogens with one attached hydrogen (secondary N) is 2. The molecule has 0 bridgehead atoms. The van der Waals surface area contributed by atoms with Crippen LogP contribution in [0.2, 0.25) is 0 Å². The highest BCUT2D eigenvalue weighted by atomic mass is 14.9. The largest absolute Gasteiger partial charge is 0.310 e. The molecule has 1 aliphatic rings. The van der Waals surface area contributed by atoms with Gasteiger partial charge in [-0.1, -0.05) is 12.1 Å². The van der Waals surface area contributed by atoms with Crippen molar-refractivity contribution in [3.8, 4) is 0 Å². The molecule has 0 radical (unpaired) electrons. The van der Waals surface area contributed by atoms with Crippen LogP contribution in [0.15, 0.2) is 49.1 Å². The Balaban J connectivity index is 1.35. The summed E-state index contributed by atoms with van der Waals surface area (Å²) in [6.07, 6.45) is 12.5. The Morgan fingerprint density at radius 3 is 1.59 bits per heavy atom. The van der Waals surface area contributed by atoms with Crippen LogP contribution in [0.25, 0.3) is 0 Å². The Morgan fingerprint density at radius 1 is 0.773 bits per heavy atom. The molecule has 22 heavy (non-hydrogen) atoms. The lowest BCUT2D eigenvalue weighted by atomic mass is 9.91. The molecule has 2 N–H and O–H groups in total. The summed E-state index contributed by atoms with van der Waals surface area (Å²) in [6.45, 7) is 1.85. The first kappa shape index (κ1) is 15.1. The highest BCUT2D eigenvalue weighted by molar-refractivity contribution is 5.09. The summed E-state index contributed by atoms with van der Waals surface area (Å²) in [7, 11) is 0. The van der Waals surface area contributed by atoms with Gasteiger partial charge >= 0.3 is 0 Å². The van der Waals surface area contributed by atoms with Crippen LogP contribution in [-0.4, -0.2) is 22.1 Å². The maximum atomic E-state index is 4.16. The third-order valence-corrected chi connectivity index (χ3v) is 4.36. The molecule has 2 aromatic heterocycles. The molecular weight excluding hydrogens is 272 g/mol. The predicted molar refractivity (Wildman–Crippen MR) is 88.2 cm³/mol. The van der Waals surface area contributed by atoms with Crippen molar-refractivity contribution in [2.24, 2.45) is 0 Å². The van der Waals surface area contributed by atoms with E-state index in [-0.39, 0.29) is 0 Å². The van der Waals surface area contributed by atoms with Crippen LogP contribution < -0.4 is 10.6 Å². The smallest absolute Gasteiger partial charge is 0.0312 e. The van der Waals surface area contributed by atoms with E-state index in [0.717, 1.165) is 13.1 Å². The Morgan fingerprint density at radius 2 is 1.23 bits per heavy atom. The zero-order chi connectivity index (χ0) is 15.0. The van der Waals surface area contributed by atoms with Crippen molar-refractivity contribution < 1.29 is 0 Å². The summed E-state index contributed by atoms with van der Waals surface area (Å²) < 4.78 is 0. The third kappa shape index (κ3) is 4.61. The quantitative estimate of drug-likeness (QED) is 0.860. The van der Waals surface area contributed by atoms with Crippen LogP contribution >= 0.6 is 0 Å². The van der Waals surface area contributed by atoms with Crippen molar-refractivity contribution in [3.63, 3.8) is 0 Å². The molecule has 0 aromatic carbocycles. The number of nitrogens with zero attached hydrogens (tertiary/aromatic N) is 2. The van der Waals surface area contributed by atoms with E-state index in [9.17, 15) is 0 Å². The molecule has 0 atom stereocenters. The fourth-order valence-electron chi connectivity index (χ4n) is 3.03. The number of hydrogen-bond acceptors (Lipinski definition) is 4. The van der Waals surface area contributed by atoms with Gasteiger partial charge in [-0.15, -0.1) is 0 Å². The molecule has 1 aliphatic carbocycles. The lowest BCUT2D eigenvalue weighted by Gasteiger charge is -2.30. The SMILES string of the molecule is c1cncc(CNC2CCC(NCc3cccnc3)CC2)c1. The average molecular weight is 296 g/mol. The van der Waals surface area contributed by atoms with Crippen LogP contribution in [0.5, 0.6) is 0 Å². The van der Waals surface area contributed by atoms with Gasteiger partial charge in [0.25, 0.3) is 0 Å². The summed E-state index contributed by atoms with van der Waals surface area (Å²) in [6, 6.07) is 9.52. The standard InChI is InChI=1S/C18H24N4/c1-3-15(11-19-9-1)13-21-17-5-7-18(8-6-17)22-14-16-4-2-10-20-12-16/h1-4,9-12,17-18,21-22H,5-8,13-14H2. The van der Waals surface area contributed by atoms with Gasteiger partial charge in [0.05, 0.1) is 0 Å². The van der Waals surface area contributed by atoms with Gasteiger partial charge in [-0.05, 0) is 48.9 Å². The summed E-state index contributed by atoms with van der Waals surface area (Å²) in [5.41, 5.74) is 2.53. The van der Waals surface area contributed by atoms with Crippen LogP contribution in [0.1, 0.15) is 36.8 Å². The summed E-state index contributed by atoms with van der Waals surface area (Å²) >= 11 is 0. The van der Waals surface area contributed by atoms with Crippen molar-refractivity contribution in [2.45, 2.75) is 50.9 Å². The van der Waals surface area contributed by atoms with Gasteiger partial charge in [0.1, 0.15) is 0 Å². The Bertz CT molecular complexity index is 484. The number of pyridine rings is 2. The minimum absolute atomic E-state index is 0.636. The van der Waals surface area contributed by atoms with E-state index in [2.05, 4.69) is 32.7 Å². The van der Waals surface area contributed by atoms with E-state index in [1.165, 1.54) is 36.8 Å². The Kier molecular flexibility index (Phi) is 5.51. The Hall–Kier alpha value is -1.78. The molecule has 4 nitrogen and oxygen atoms in total. The lowest BCUT2D eigenvalue weighted by Crippen LogP contribution is -2.39. The number of rotatable bonds is 6. The van der Waals surface area contributed by atoms with Crippen molar-refractivity contribution in [1.82, 2.24) is 20.6 Å². The topological polar surface area (TPSA) is 49.8 Å². The van der Waals surface area contributed by atoms with Gasteiger partial charge in [-0.3, -0.25) is 9.97 Å². The Labute approximate surface area is 132 Å². The first-order valence-electron chi connectivity index (χ1n) is 8.15. The normalized spacial score (nSPS) is 21.6. The lowest BCUT2D eigenvalue weighted by molar-refractivity contribution is 0.305. The number of hydrogen-bond donors (Lipinski definition) is 2. The second-order valence-corrected chi connectivity index (χ2v) is 6.03. The molecule has 2 aromatic rings. The van der Waals surface area contributed by atoms with Crippen molar-refractivity contribution in [1.29, 1.82) is 0 Å². The van der Waals surface area contributed by atoms with Crippen LogP contribution in [-0.2, 0) is 13.1 Å². The summed E-state index contributed by atoms with van der Waals surface area (Å²) in [5.74, 6) is 0. The zero-order valence-electron chi connectivity index (χ0n) is 12.9. The van der Waals surface area contributed by atoms with Crippen LogP contribution in [0.3, 0.4) is 0 Å². The van der Waals surface area contributed by atoms with Gasteiger partial charge in [-0.2, -0.15) is 0 Å². The minimum atomic E-state index is 0.636. The van der Waals surface area contributed by atoms with Gasteiger partial charge in [0, 0.05) is 50.0 Å². The van der Waals surface area contributed by atoms with Gasteiger partial charge in [-0.25, -0.2) is 0 Å². The van der Waals surface area contributed by atoms with Gasteiger partial charge in [0.15, 0.2) is 0 Å². The first-order valence-corrected chi connectivity index (χ1v) is 8.15. The van der Waals surface area contributed by atoms with Gasteiger partial charge < -0.3 is 10.6 Å². The molecule has 3 rings (SSSR count). The summed E-state index contributed by atoms with van der Waals surface area (Å²) in [4.78, 5) is 8.32. The molecule has 4 heteroatoms. The van der Waals surface area contributed by atoms with E-state index >= 15 is 0 Å². The maximum absolute atomic E-state index is 4.16. The van der Waals surface area contributed by atoms with Crippen LogP contribution in [0, 0.1) is 0 Å². The third-order valence-electron chi connectivity index (χ3n) is 4.36. The fourth-order valence-corrected chi connectivity index (χ4v) is 3.03. The molecule has 1 saturated carbocycles. The molecule has 0 saturated heterocycles. The number of aromatic nitrogens is 2. The highest BCUT2D eigenvalue weighted by Crippen LogP contribution is 2.19. The van der Waals surface area contributed by atoms with Crippen LogP contribution in [0.4, 0.5) is 0 Å². The van der Waals surface area contributed by atoms with E-state index in [4.69, 9.17) is 0 Å². The summed E-state index contributed by atoms with van der Waals surface area (Å²) in [5, 5.41) is 7.31. The van der Waals surface area contributed by atoms with E-state index in [0.29, 0.717) is 12.1 Å². The average Bonchev–Trinajstić information content (AvgIpc) is 2.61. The highest BCUT2D eigenvalue weighted by Gasteiger charge is 2.20. The zero-order valence-corrected chi connectivity index (χ0v) is 12.9. The van der Waals surface area contributed by atoms with Crippen molar-refractivity contribution in [2.75, 3.05) is 0 Å². The molecule has 0 unspecified atom stereocenters. The fraction of sp³-hybridized carbons (Fsp3) is 0.444. The molecule has 0 spiro atoms. The molecule has 2 heterocycles. The second kappa shape index (κ2) is 8.01. The molecule has 1 fully saturated rings. The molecule has 0 amide bonds. The van der Waals surface area contributed by atoms with E-state index in [1.807, 2.05) is 36.9 Å². The van der Waals surface area contributed by atoms with Gasteiger partial charge in [0.2, 0.25) is 0 Å². The molecular formula is C18H24N4. The van der Waals surface area contributed by atoms with E-state index < -0.39 is 0 Å². The van der Waals surface area contributed by atoms with Crippen molar-refractivity contribution >= 4 is 0 Å². The molecule has 116 valence electrons. The predicted octanol–water partition coefficient (Wildman–Crippen LogP) is 2.67. The van der Waals surface area contributed by atoms with E-state index in [1.54, 1.807) is 0 Å². The minimum Gasteiger partial charge on any atom is -0.310 e. The first-order chi connectivity index (χ1) is 10.9. The molecule has 0 aliphatic heterocycles.